The van der Waals surface area contributed by atoms with Crippen LogP contribution in [-0.2, 0) is 11.2 Å². The zero-order valence-electron chi connectivity index (χ0n) is 16.7. The van der Waals surface area contributed by atoms with Crippen LogP contribution in [0.15, 0.2) is 70.9 Å². The van der Waals surface area contributed by atoms with Crippen LogP contribution < -0.4 is 10.6 Å². The van der Waals surface area contributed by atoms with Gasteiger partial charge in [0, 0.05) is 23.3 Å². The number of carbonyl (C=O) groups is 2. The number of Topliss-reactive ketones (excluding diaryl/α,β-unsaturated/α-hetero) is 1. The Kier molecular flexibility index (Phi) is 5.30. The Morgan fingerprint density at radius 2 is 1.83 bits per heavy atom. The third-order valence-corrected chi connectivity index (χ3v) is 5.66. The van der Waals surface area contributed by atoms with E-state index in [1.807, 2.05) is 37.3 Å². The lowest BCUT2D eigenvalue weighted by Crippen LogP contribution is -2.46. The van der Waals surface area contributed by atoms with E-state index < -0.39 is 0 Å². The Bertz CT molecular complexity index is 1010. The highest BCUT2D eigenvalue weighted by Crippen LogP contribution is 2.37. The van der Waals surface area contributed by atoms with E-state index in [-0.39, 0.29) is 23.7 Å². The smallest absolute Gasteiger partial charge is 0.257 e. The van der Waals surface area contributed by atoms with Crippen LogP contribution in [-0.4, -0.2) is 23.7 Å². The highest BCUT2D eigenvalue weighted by molar-refractivity contribution is 6.08. The topological polar surface area (TPSA) is 70.6 Å². The summed E-state index contributed by atoms with van der Waals surface area (Å²) in [4.78, 5) is 29.9. The van der Waals surface area contributed by atoms with Gasteiger partial charge < -0.3 is 5.32 Å². The fraction of sp³-hybridized carbons (Fsp3) is 0.292. The first kappa shape index (κ1) is 19.1. The van der Waals surface area contributed by atoms with Crippen molar-refractivity contribution >= 4 is 17.6 Å². The number of benzene rings is 2. The maximum absolute atomic E-state index is 12.9. The molecule has 1 aliphatic heterocycles. The minimum absolute atomic E-state index is 0.138. The highest BCUT2D eigenvalue weighted by atomic mass is 16.2. The Morgan fingerprint density at radius 3 is 2.59 bits per heavy atom. The zero-order valence-corrected chi connectivity index (χ0v) is 16.7. The average molecular weight is 387 g/mol. The van der Waals surface area contributed by atoms with Crippen LogP contribution in [0.3, 0.4) is 0 Å². The third kappa shape index (κ3) is 3.86. The summed E-state index contributed by atoms with van der Waals surface area (Å²) >= 11 is 0. The molecule has 2 aromatic carbocycles. The molecule has 2 aliphatic rings. The molecule has 0 saturated heterocycles. The van der Waals surface area contributed by atoms with Gasteiger partial charge in [0.25, 0.3) is 5.91 Å². The monoisotopic (exact) mass is 387 g/mol. The van der Waals surface area contributed by atoms with Crippen molar-refractivity contribution in [3.8, 4) is 0 Å². The predicted octanol–water partition coefficient (Wildman–Crippen LogP) is 3.73. The molecular formula is C24H25N3O2. The van der Waals surface area contributed by atoms with Crippen LogP contribution in [0, 0.1) is 0 Å². The summed E-state index contributed by atoms with van der Waals surface area (Å²) in [5.74, 6) is 0.464. The molecule has 0 aromatic heterocycles. The van der Waals surface area contributed by atoms with Gasteiger partial charge in [-0.05, 0) is 48.9 Å². The van der Waals surface area contributed by atoms with Crippen molar-refractivity contribution in [3.63, 3.8) is 0 Å². The van der Waals surface area contributed by atoms with E-state index in [0.29, 0.717) is 17.9 Å². The SMILES string of the molecule is CCc1ccccc1C1CC(=O)C2=C(C1)NC(NC(=O)c1ccccc1)=NC2C. The standard InChI is InChI=1S/C24H25N3O2/c1-3-16-9-7-8-12-19(16)18-13-20-22(21(28)14-18)15(2)25-24(26-20)27-23(29)17-10-5-4-6-11-17/h4-12,15,18H,3,13-14H2,1-2H3,(H2,25,26,27,29). The molecule has 29 heavy (non-hydrogen) atoms. The molecular weight excluding hydrogens is 362 g/mol. The summed E-state index contributed by atoms with van der Waals surface area (Å²) in [6.45, 7) is 4.04. The first-order valence-electron chi connectivity index (χ1n) is 10.1. The van der Waals surface area contributed by atoms with Gasteiger partial charge in [-0.25, -0.2) is 4.99 Å². The second-order valence-electron chi connectivity index (χ2n) is 7.57. The van der Waals surface area contributed by atoms with Gasteiger partial charge in [-0.1, -0.05) is 49.4 Å². The Morgan fingerprint density at radius 1 is 1.10 bits per heavy atom. The van der Waals surface area contributed by atoms with Gasteiger partial charge in [0.15, 0.2) is 5.78 Å². The lowest BCUT2D eigenvalue weighted by Gasteiger charge is -2.33. The van der Waals surface area contributed by atoms with E-state index in [4.69, 9.17) is 0 Å². The fourth-order valence-electron chi connectivity index (χ4n) is 4.27. The Balaban J connectivity index is 1.55. The number of amides is 1. The van der Waals surface area contributed by atoms with E-state index in [2.05, 4.69) is 34.7 Å². The predicted molar refractivity (Wildman–Crippen MR) is 114 cm³/mol. The Labute approximate surface area is 170 Å². The van der Waals surface area contributed by atoms with Crippen LogP contribution in [0.1, 0.15) is 54.1 Å². The number of hydrogen-bond acceptors (Lipinski definition) is 4. The van der Waals surface area contributed by atoms with Crippen molar-refractivity contribution in [2.24, 2.45) is 4.99 Å². The first-order chi connectivity index (χ1) is 14.1. The molecule has 0 fully saturated rings. The van der Waals surface area contributed by atoms with Gasteiger partial charge in [0.05, 0.1) is 6.04 Å². The van der Waals surface area contributed by atoms with Gasteiger partial charge >= 0.3 is 0 Å². The minimum Gasteiger partial charge on any atom is -0.329 e. The van der Waals surface area contributed by atoms with Crippen molar-refractivity contribution in [2.75, 3.05) is 0 Å². The minimum atomic E-state index is -0.271. The number of hydrogen-bond donors (Lipinski definition) is 2. The number of nitrogens with zero attached hydrogens (tertiary/aromatic N) is 1. The molecule has 5 nitrogen and oxygen atoms in total. The van der Waals surface area contributed by atoms with E-state index in [1.54, 1.807) is 12.1 Å². The molecule has 1 aliphatic carbocycles. The molecule has 5 heteroatoms. The van der Waals surface area contributed by atoms with Crippen molar-refractivity contribution in [1.82, 2.24) is 10.6 Å². The number of aliphatic imine (C=N–C) groups is 1. The summed E-state index contributed by atoms with van der Waals surface area (Å²) in [6, 6.07) is 17.1. The highest BCUT2D eigenvalue weighted by Gasteiger charge is 2.35. The lowest BCUT2D eigenvalue weighted by atomic mass is 9.78. The largest absolute Gasteiger partial charge is 0.329 e. The van der Waals surface area contributed by atoms with E-state index >= 15 is 0 Å². The van der Waals surface area contributed by atoms with Crippen molar-refractivity contribution in [2.45, 2.75) is 45.1 Å². The summed E-state index contributed by atoms with van der Waals surface area (Å²) in [5.41, 5.74) is 4.71. The second-order valence-corrected chi connectivity index (χ2v) is 7.57. The molecule has 2 atom stereocenters. The number of aryl methyl sites for hydroxylation is 1. The fourth-order valence-corrected chi connectivity index (χ4v) is 4.27. The van der Waals surface area contributed by atoms with Gasteiger partial charge in [-0.2, -0.15) is 0 Å². The number of rotatable bonds is 3. The zero-order chi connectivity index (χ0) is 20.4. The van der Waals surface area contributed by atoms with Crippen LogP contribution >= 0.6 is 0 Å². The quantitative estimate of drug-likeness (QED) is 0.843. The van der Waals surface area contributed by atoms with E-state index in [0.717, 1.165) is 24.1 Å². The number of carbonyl (C=O) groups excluding carboxylic acids is 2. The van der Waals surface area contributed by atoms with Crippen molar-refractivity contribution in [3.05, 3.63) is 82.6 Å². The second kappa shape index (κ2) is 8.03. The summed E-state index contributed by atoms with van der Waals surface area (Å²) in [6.07, 6.45) is 2.18. The normalized spacial score (nSPS) is 21.2. The van der Waals surface area contributed by atoms with Gasteiger partial charge in [0.2, 0.25) is 5.96 Å². The first-order valence-corrected chi connectivity index (χ1v) is 10.1. The molecule has 1 heterocycles. The maximum Gasteiger partial charge on any atom is 0.257 e. The number of guanidine groups is 1. The number of allylic oxidation sites excluding steroid dienone is 1. The molecule has 148 valence electrons. The summed E-state index contributed by atoms with van der Waals surface area (Å²) in [5, 5.41) is 6.08. The van der Waals surface area contributed by atoms with E-state index in [9.17, 15) is 9.59 Å². The number of nitrogens with one attached hydrogen (secondary N) is 2. The molecule has 0 spiro atoms. The third-order valence-electron chi connectivity index (χ3n) is 5.66. The lowest BCUT2D eigenvalue weighted by molar-refractivity contribution is -0.116. The Hall–Kier alpha value is -3.21. The van der Waals surface area contributed by atoms with Crippen molar-refractivity contribution < 1.29 is 9.59 Å². The molecule has 2 aromatic rings. The molecule has 1 amide bonds. The molecule has 2 N–H and O–H groups in total. The number of ketones is 1. The van der Waals surface area contributed by atoms with Crippen molar-refractivity contribution in [1.29, 1.82) is 0 Å². The van der Waals surface area contributed by atoms with Gasteiger partial charge in [0.1, 0.15) is 0 Å². The molecule has 2 unspecified atom stereocenters. The average Bonchev–Trinajstić information content (AvgIpc) is 2.73. The molecule has 0 saturated carbocycles. The molecule has 0 radical (unpaired) electrons. The summed E-state index contributed by atoms with van der Waals surface area (Å²) in [7, 11) is 0. The van der Waals surface area contributed by atoms with Crippen LogP contribution in [0.4, 0.5) is 0 Å². The van der Waals surface area contributed by atoms with Gasteiger partial charge in [-0.3, -0.25) is 14.9 Å². The maximum atomic E-state index is 12.9. The molecule has 0 bridgehead atoms. The summed E-state index contributed by atoms with van der Waals surface area (Å²) < 4.78 is 0. The van der Waals surface area contributed by atoms with Gasteiger partial charge in [-0.15, -0.1) is 0 Å². The van der Waals surface area contributed by atoms with E-state index in [1.165, 1.54) is 11.1 Å². The molecule has 4 rings (SSSR count). The van der Waals surface area contributed by atoms with Crippen LogP contribution in [0.2, 0.25) is 0 Å². The van der Waals surface area contributed by atoms with Crippen LogP contribution in [0.25, 0.3) is 0 Å². The van der Waals surface area contributed by atoms with Crippen LogP contribution in [0.5, 0.6) is 0 Å².